The monoisotopic (exact) mass is 382 g/mol. The lowest BCUT2D eigenvalue weighted by Gasteiger charge is -2.29. The molecule has 1 fully saturated rings. The highest BCUT2D eigenvalue weighted by molar-refractivity contribution is 5.99. The molecule has 0 atom stereocenters. The zero-order valence-electron chi connectivity index (χ0n) is 16.3. The zero-order valence-corrected chi connectivity index (χ0v) is 16.3. The molecule has 1 amide bonds. The second kappa shape index (κ2) is 7.05. The summed E-state index contributed by atoms with van der Waals surface area (Å²) in [6.45, 7) is 5.60. The Morgan fingerprint density at radius 2 is 2.04 bits per heavy atom. The molecule has 3 N–H and O–H groups in total. The Morgan fingerprint density at radius 3 is 2.75 bits per heavy atom. The van der Waals surface area contributed by atoms with Gasteiger partial charge in [-0.1, -0.05) is 13.8 Å². The van der Waals surface area contributed by atoms with Gasteiger partial charge in [0.05, 0.1) is 28.7 Å². The number of nitrogens with zero attached hydrogens (tertiary/aromatic N) is 2. The second-order valence-electron chi connectivity index (χ2n) is 8.48. The summed E-state index contributed by atoms with van der Waals surface area (Å²) >= 11 is 0. The second-order valence-corrected chi connectivity index (χ2v) is 8.48. The SMILES string of the molecule is CC1(C)CC(=O)c2cnn(-c3ccc(C(N)=O)c(NC4CCOCC4)c3)c2C1. The number of hydrogen-bond acceptors (Lipinski definition) is 5. The molecular formula is C21H26N4O3. The van der Waals surface area contributed by atoms with E-state index in [1.165, 1.54) is 0 Å². The molecule has 1 aliphatic carbocycles. The average Bonchev–Trinajstić information content (AvgIpc) is 3.05. The number of primary amides is 1. The van der Waals surface area contributed by atoms with Crippen LogP contribution in [0.3, 0.4) is 0 Å². The van der Waals surface area contributed by atoms with Crippen molar-refractivity contribution in [3.63, 3.8) is 0 Å². The minimum Gasteiger partial charge on any atom is -0.381 e. The molecule has 7 nitrogen and oxygen atoms in total. The van der Waals surface area contributed by atoms with Crippen LogP contribution in [-0.2, 0) is 11.2 Å². The Hall–Kier alpha value is -2.67. The van der Waals surface area contributed by atoms with Crippen LogP contribution >= 0.6 is 0 Å². The fourth-order valence-corrected chi connectivity index (χ4v) is 4.11. The molecule has 148 valence electrons. The molecule has 2 aromatic rings. The van der Waals surface area contributed by atoms with Crippen molar-refractivity contribution in [1.29, 1.82) is 0 Å². The minimum atomic E-state index is -0.472. The van der Waals surface area contributed by atoms with Crippen molar-refractivity contribution in [2.24, 2.45) is 11.1 Å². The van der Waals surface area contributed by atoms with Gasteiger partial charge in [-0.2, -0.15) is 5.10 Å². The normalized spacial score (nSPS) is 19.3. The molecule has 7 heteroatoms. The summed E-state index contributed by atoms with van der Waals surface area (Å²) in [5, 5.41) is 7.93. The minimum absolute atomic E-state index is 0.0990. The summed E-state index contributed by atoms with van der Waals surface area (Å²) in [6, 6.07) is 5.68. The van der Waals surface area contributed by atoms with Crippen molar-refractivity contribution in [2.45, 2.75) is 45.6 Å². The van der Waals surface area contributed by atoms with Crippen LogP contribution in [0.4, 0.5) is 5.69 Å². The molecule has 1 saturated heterocycles. The van der Waals surface area contributed by atoms with Crippen LogP contribution in [0, 0.1) is 5.41 Å². The maximum absolute atomic E-state index is 12.5. The van der Waals surface area contributed by atoms with E-state index in [2.05, 4.69) is 24.3 Å². The van der Waals surface area contributed by atoms with Crippen LogP contribution in [-0.4, -0.2) is 40.7 Å². The van der Waals surface area contributed by atoms with Crippen molar-refractivity contribution < 1.29 is 14.3 Å². The van der Waals surface area contributed by atoms with Gasteiger partial charge in [0.1, 0.15) is 0 Å². The molecular weight excluding hydrogens is 356 g/mol. The number of nitrogens with two attached hydrogens (primary N) is 1. The molecule has 2 aliphatic rings. The molecule has 0 radical (unpaired) electrons. The topological polar surface area (TPSA) is 99.2 Å². The summed E-state index contributed by atoms with van der Waals surface area (Å²) in [4.78, 5) is 24.4. The Balaban J connectivity index is 1.72. The molecule has 0 spiro atoms. The Labute approximate surface area is 164 Å². The van der Waals surface area contributed by atoms with Crippen molar-refractivity contribution in [2.75, 3.05) is 18.5 Å². The summed E-state index contributed by atoms with van der Waals surface area (Å²) in [6.07, 6.45) is 4.71. The number of carbonyl (C=O) groups is 2. The van der Waals surface area contributed by atoms with Crippen LogP contribution in [0.15, 0.2) is 24.4 Å². The molecule has 4 rings (SSSR count). The number of carbonyl (C=O) groups excluding carboxylic acids is 2. The number of rotatable bonds is 4. The van der Waals surface area contributed by atoms with Gasteiger partial charge in [0.2, 0.25) is 0 Å². The number of ether oxygens (including phenoxy) is 1. The number of fused-ring (bicyclic) bond motifs is 1. The Kier molecular flexibility index (Phi) is 4.71. The van der Waals surface area contributed by atoms with Gasteiger partial charge in [0, 0.05) is 31.4 Å². The first-order valence-electron chi connectivity index (χ1n) is 9.73. The van der Waals surface area contributed by atoms with Crippen LogP contribution in [0.5, 0.6) is 0 Å². The van der Waals surface area contributed by atoms with Crippen LogP contribution in [0.2, 0.25) is 0 Å². The lowest BCUT2D eigenvalue weighted by molar-refractivity contribution is 0.0902. The van der Waals surface area contributed by atoms with Crippen molar-refractivity contribution in [3.8, 4) is 5.69 Å². The molecule has 0 saturated carbocycles. The maximum atomic E-state index is 12.5. The Morgan fingerprint density at radius 1 is 1.29 bits per heavy atom. The highest BCUT2D eigenvalue weighted by Gasteiger charge is 2.34. The number of nitrogens with one attached hydrogen (secondary N) is 1. The van der Waals surface area contributed by atoms with Crippen molar-refractivity contribution >= 4 is 17.4 Å². The van der Waals surface area contributed by atoms with Gasteiger partial charge in [0.15, 0.2) is 5.78 Å². The summed E-state index contributed by atoms with van der Waals surface area (Å²) in [5.74, 6) is -0.341. The van der Waals surface area contributed by atoms with Gasteiger partial charge in [0.25, 0.3) is 5.91 Å². The quantitative estimate of drug-likeness (QED) is 0.847. The number of aromatic nitrogens is 2. The first-order chi connectivity index (χ1) is 13.3. The summed E-state index contributed by atoms with van der Waals surface area (Å²) < 4.78 is 7.23. The molecule has 1 aliphatic heterocycles. The van der Waals surface area contributed by atoms with E-state index in [0.29, 0.717) is 36.4 Å². The first-order valence-corrected chi connectivity index (χ1v) is 9.73. The number of hydrogen-bond donors (Lipinski definition) is 2. The number of anilines is 1. The fourth-order valence-electron chi connectivity index (χ4n) is 4.11. The van der Waals surface area contributed by atoms with Gasteiger partial charge < -0.3 is 15.8 Å². The van der Waals surface area contributed by atoms with E-state index in [1.54, 1.807) is 12.3 Å². The van der Waals surface area contributed by atoms with Crippen molar-refractivity contribution in [3.05, 3.63) is 41.2 Å². The molecule has 0 bridgehead atoms. The molecule has 0 unspecified atom stereocenters. The van der Waals surface area contributed by atoms with Crippen LogP contribution in [0.25, 0.3) is 5.69 Å². The third kappa shape index (κ3) is 3.54. The highest BCUT2D eigenvalue weighted by atomic mass is 16.5. The molecule has 1 aromatic heterocycles. The van der Waals surface area contributed by atoms with Gasteiger partial charge in [-0.25, -0.2) is 4.68 Å². The Bertz CT molecular complexity index is 926. The first kappa shape index (κ1) is 18.7. The van der Waals surface area contributed by atoms with Gasteiger partial charge in [-0.05, 0) is 42.9 Å². The third-order valence-electron chi connectivity index (χ3n) is 5.55. The van der Waals surface area contributed by atoms with Crippen molar-refractivity contribution in [1.82, 2.24) is 9.78 Å². The number of Topliss-reactive ketones (excluding diaryl/α,β-unsaturated/α-hetero) is 1. The van der Waals surface area contributed by atoms with E-state index in [-0.39, 0.29) is 17.2 Å². The smallest absolute Gasteiger partial charge is 0.250 e. The largest absolute Gasteiger partial charge is 0.381 e. The highest BCUT2D eigenvalue weighted by Crippen LogP contribution is 2.36. The van der Waals surface area contributed by atoms with E-state index < -0.39 is 5.91 Å². The predicted octanol–water partition coefficient (Wildman–Crippen LogP) is 2.72. The number of amides is 1. The van der Waals surface area contributed by atoms with Gasteiger partial charge in [-0.15, -0.1) is 0 Å². The molecule has 28 heavy (non-hydrogen) atoms. The summed E-state index contributed by atoms with van der Waals surface area (Å²) in [5.41, 5.74) is 9.06. The average molecular weight is 382 g/mol. The number of ketones is 1. The van der Waals surface area contributed by atoms with E-state index in [1.807, 2.05) is 16.8 Å². The lowest BCUT2D eigenvalue weighted by atomic mass is 9.76. The molecule has 1 aromatic carbocycles. The van der Waals surface area contributed by atoms with E-state index >= 15 is 0 Å². The van der Waals surface area contributed by atoms with E-state index in [4.69, 9.17) is 10.5 Å². The third-order valence-corrected chi connectivity index (χ3v) is 5.55. The predicted molar refractivity (Wildman–Crippen MR) is 106 cm³/mol. The summed E-state index contributed by atoms with van der Waals surface area (Å²) in [7, 11) is 0. The van der Waals surface area contributed by atoms with E-state index in [9.17, 15) is 9.59 Å². The van der Waals surface area contributed by atoms with Gasteiger partial charge >= 0.3 is 0 Å². The lowest BCUT2D eigenvalue weighted by Crippen LogP contribution is -2.29. The van der Waals surface area contributed by atoms with Crippen LogP contribution < -0.4 is 11.1 Å². The zero-order chi connectivity index (χ0) is 19.9. The standard InChI is InChI=1S/C21H26N4O3/c1-21(2)10-18-16(19(26)11-21)12-23-25(18)14-3-4-15(20(22)27)17(9-14)24-13-5-7-28-8-6-13/h3-4,9,12-13,24H,5-8,10-11H2,1-2H3,(H2,22,27). The van der Waals surface area contributed by atoms with E-state index in [0.717, 1.165) is 30.6 Å². The van der Waals surface area contributed by atoms with Crippen LogP contribution in [0.1, 0.15) is 59.5 Å². The van der Waals surface area contributed by atoms with Gasteiger partial charge in [-0.3, -0.25) is 9.59 Å². The molecule has 2 heterocycles. The number of benzene rings is 1. The fraction of sp³-hybridized carbons (Fsp3) is 0.476. The maximum Gasteiger partial charge on any atom is 0.250 e.